The van der Waals surface area contributed by atoms with Crippen molar-refractivity contribution in [2.24, 2.45) is 0 Å². The van der Waals surface area contributed by atoms with Crippen LogP contribution in [-0.4, -0.2) is 25.8 Å². The van der Waals surface area contributed by atoms with E-state index in [1.54, 1.807) is 9.36 Å². The lowest BCUT2D eigenvalue weighted by Crippen LogP contribution is -2.10. The normalized spacial score (nSPS) is 10.8. The van der Waals surface area contributed by atoms with E-state index >= 15 is 0 Å². The molecule has 2 heterocycles. The average molecular weight is 280 g/mol. The lowest BCUT2D eigenvalue weighted by atomic mass is 10.2. The molecule has 106 valence electrons. The summed E-state index contributed by atoms with van der Waals surface area (Å²) in [5.41, 5.74) is 4.02. The lowest BCUT2D eigenvalue weighted by molar-refractivity contribution is 0.112. The Morgan fingerprint density at radius 2 is 1.71 bits per heavy atom. The van der Waals surface area contributed by atoms with Crippen LogP contribution in [0.2, 0.25) is 0 Å². The second-order valence-electron chi connectivity index (χ2n) is 5.03. The second-order valence-corrected chi connectivity index (χ2v) is 5.03. The third-order valence-corrected chi connectivity index (χ3v) is 3.41. The molecule has 2 aromatic heterocycles. The highest BCUT2D eigenvalue weighted by atomic mass is 16.1. The second kappa shape index (κ2) is 5.01. The fourth-order valence-corrected chi connectivity index (χ4v) is 2.46. The predicted molar refractivity (Wildman–Crippen MR) is 80.3 cm³/mol. The molecule has 21 heavy (non-hydrogen) atoms. The van der Waals surface area contributed by atoms with Gasteiger partial charge in [0.25, 0.3) is 0 Å². The largest absolute Gasteiger partial charge is 0.298 e. The molecule has 0 saturated carbocycles. The molecule has 0 N–H and O–H groups in total. The van der Waals surface area contributed by atoms with Crippen molar-refractivity contribution in [1.82, 2.24) is 19.6 Å². The fourth-order valence-electron chi connectivity index (χ4n) is 2.46. The van der Waals surface area contributed by atoms with Crippen LogP contribution in [0, 0.1) is 20.8 Å². The van der Waals surface area contributed by atoms with Crippen LogP contribution >= 0.6 is 0 Å². The maximum atomic E-state index is 11.5. The number of para-hydroxylation sites is 1. The number of aryl methyl sites for hydroxylation is 3. The smallest absolute Gasteiger partial charge is 0.168 e. The summed E-state index contributed by atoms with van der Waals surface area (Å²) in [6.07, 6.45) is 0.841. The van der Waals surface area contributed by atoms with Crippen molar-refractivity contribution in [3.8, 4) is 11.5 Å². The molecule has 0 atom stereocenters. The summed E-state index contributed by atoms with van der Waals surface area (Å²) < 4.78 is 3.53. The molecule has 3 aromatic rings. The van der Waals surface area contributed by atoms with E-state index in [4.69, 9.17) is 0 Å². The van der Waals surface area contributed by atoms with Crippen LogP contribution in [0.5, 0.6) is 0 Å². The fraction of sp³-hybridized carbons (Fsp3) is 0.188. The molecule has 0 unspecified atom stereocenters. The summed E-state index contributed by atoms with van der Waals surface area (Å²) in [5.74, 6) is 0.680. The number of hydrogen-bond acceptors (Lipinski definition) is 3. The maximum Gasteiger partial charge on any atom is 0.168 e. The van der Waals surface area contributed by atoms with Crippen molar-refractivity contribution >= 4 is 6.29 Å². The number of hydrogen-bond donors (Lipinski definition) is 0. The molecule has 3 rings (SSSR count). The third-order valence-electron chi connectivity index (χ3n) is 3.41. The van der Waals surface area contributed by atoms with Gasteiger partial charge in [-0.25, -0.2) is 9.36 Å². The van der Waals surface area contributed by atoms with E-state index < -0.39 is 0 Å². The first kappa shape index (κ1) is 13.3. The number of carbonyl (C=O) groups excluding carboxylic acids is 1. The molecule has 0 aliphatic carbocycles. The van der Waals surface area contributed by atoms with E-state index in [2.05, 4.69) is 10.2 Å². The van der Waals surface area contributed by atoms with Crippen molar-refractivity contribution in [3.05, 3.63) is 59.0 Å². The number of aldehydes is 1. The molecule has 0 fully saturated rings. The van der Waals surface area contributed by atoms with Crippen LogP contribution in [0.3, 0.4) is 0 Å². The van der Waals surface area contributed by atoms with Gasteiger partial charge in [0, 0.05) is 5.69 Å². The van der Waals surface area contributed by atoms with Crippen LogP contribution in [0.25, 0.3) is 11.5 Å². The Morgan fingerprint density at radius 3 is 2.29 bits per heavy atom. The van der Waals surface area contributed by atoms with Crippen LogP contribution in [-0.2, 0) is 0 Å². The Bertz CT molecular complexity index is 799. The molecular formula is C16H16N4O. The SMILES string of the molecule is Cc1cc(C)n(-c2c(C=O)c(C)nn2-c2ccccc2)n1. The van der Waals surface area contributed by atoms with Gasteiger partial charge in [0.05, 0.1) is 22.6 Å². The molecule has 0 saturated heterocycles. The topological polar surface area (TPSA) is 52.7 Å². The molecule has 1 aromatic carbocycles. The first-order valence-electron chi connectivity index (χ1n) is 6.75. The molecule has 0 aliphatic heterocycles. The minimum atomic E-state index is 0.560. The Morgan fingerprint density at radius 1 is 1.00 bits per heavy atom. The van der Waals surface area contributed by atoms with Gasteiger partial charge < -0.3 is 0 Å². The van der Waals surface area contributed by atoms with Crippen molar-refractivity contribution < 1.29 is 4.79 Å². The minimum Gasteiger partial charge on any atom is -0.298 e. The summed E-state index contributed by atoms with van der Waals surface area (Å²) >= 11 is 0. The van der Waals surface area contributed by atoms with Crippen LogP contribution < -0.4 is 0 Å². The van der Waals surface area contributed by atoms with Gasteiger partial charge in [0.15, 0.2) is 12.1 Å². The van der Waals surface area contributed by atoms with Crippen molar-refractivity contribution in [3.63, 3.8) is 0 Å². The van der Waals surface area contributed by atoms with Crippen LogP contribution in [0.1, 0.15) is 27.4 Å². The Labute approximate surface area is 122 Å². The number of carbonyl (C=O) groups is 1. The highest BCUT2D eigenvalue weighted by Gasteiger charge is 2.19. The predicted octanol–water partition coefficient (Wildman–Crippen LogP) is 2.80. The highest BCUT2D eigenvalue weighted by molar-refractivity contribution is 5.82. The monoisotopic (exact) mass is 280 g/mol. The van der Waals surface area contributed by atoms with Gasteiger partial charge >= 0.3 is 0 Å². The Kier molecular flexibility index (Phi) is 3.17. The standard InChI is InChI=1S/C16H16N4O/c1-11-9-12(2)19(17-11)16-15(10-21)13(3)18-20(16)14-7-5-4-6-8-14/h4-10H,1-3H3. The first-order chi connectivity index (χ1) is 10.1. The van der Waals surface area contributed by atoms with Gasteiger partial charge in [-0.3, -0.25) is 4.79 Å². The van der Waals surface area contributed by atoms with E-state index in [0.717, 1.165) is 23.4 Å². The summed E-state index contributed by atoms with van der Waals surface area (Å²) in [6, 6.07) is 11.7. The van der Waals surface area contributed by atoms with Crippen LogP contribution in [0.15, 0.2) is 36.4 Å². The maximum absolute atomic E-state index is 11.5. The molecule has 5 nitrogen and oxygen atoms in total. The van der Waals surface area contributed by atoms with Gasteiger partial charge in [-0.15, -0.1) is 0 Å². The number of benzene rings is 1. The molecule has 0 aliphatic rings. The molecule has 0 radical (unpaired) electrons. The van der Waals surface area contributed by atoms with Gasteiger partial charge in [-0.2, -0.15) is 10.2 Å². The minimum absolute atomic E-state index is 0.560. The van der Waals surface area contributed by atoms with E-state index in [0.29, 0.717) is 17.1 Å². The molecule has 0 amide bonds. The van der Waals surface area contributed by atoms with E-state index in [1.165, 1.54) is 0 Å². The summed E-state index contributed by atoms with van der Waals surface area (Å²) in [5, 5.41) is 8.99. The average Bonchev–Trinajstić information content (AvgIpc) is 2.98. The van der Waals surface area contributed by atoms with Crippen molar-refractivity contribution in [2.45, 2.75) is 20.8 Å². The van der Waals surface area contributed by atoms with Gasteiger partial charge in [-0.05, 0) is 39.0 Å². The molecule has 0 spiro atoms. The summed E-state index contributed by atoms with van der Waals surface area (Å²) in [4.78, 5) is 11.5. The Balaban J connectivity index is 2.32. The Hall–Kier alpha value is -2.69. The van der Waals surface area contributed by atoms with E-state index in [1.807, 2.05) is 57.2 Å². The summed E-state index contributed by atoms with van der Waals surface area (Å²) in [7, 11) is 0. The van der Waals surface area contributed by atoms with Gasteiger partial charge in [-0.1, -0.05) is 18.2 Å². The van der Waals surface area contributed by atoms with E-state index in [9.17, 15) is 4.79 Å². The molecule has 5 heteroatoms. The quantitative estimate of drug-likeness (QED) is 0.693. The zero-order chi connectivity index (χ0) is 15.0. The number of aromatic nitrogens is 4. The highest BCUT2D eigenvalue weighted by Crippen LogP contribution is 2.22. The number of nitrogens with zero attached hydrogens (tertiary/aromatic N) is 4. The zero-order valence-corrected chi connectivity index (χ0v) is 12.2. The zero-order valence-electron chi connectivity index (χ0n) is 12.2. The molecule has 0 bridgehead atoms. The van der Waals surface area contributed by atoms with Crippen LogP contribution in [0.4, 0.5) is 0 Å². The van der Waals surface area contributed by atoms with Crippen molar-refractivity contribution in [1.29, 1.82) is 0 Å². The van der Waals surface area contributed by atoms with E-state index in [-0.39, 0.29) is 0 Å². The first-order valence-corrected chi connectivity index (χ1v) is 6.75. The number of rotatable bonds is 3. The third kappa shape index (κ3) is 2.16. The van der Waals surface area contributed by atoms with Crippen molar-refractivity contribution in [2.75, 3.05) is 0 Å². The van der Waals surface area contributed by atoms with Gasteiger partial charge in [0.2, 0.25) is 0 Å². The van der Waals surface area contributed by atoms with Gasteiger partial charge in [0.1, 0.15) is 0 Å². The lowest BCUT2D eigenvalue weighted by Gasteiger charge is -2.09. The molecular weight excluding hydrogens is 264 g/mol. The summed E-state index contributed by atoms with van der Waals surface area (Å²) in [6.45, 7) is 5.73.